The van der Waals surface area contributed by atoms with Crippen molar-refractivity contribution in [2.45, 2.75) is 11.8 Å². The lowest BCUT2D eigenvalue weighted by Crippen LogP contribution is -2.48. The summed E-state index contributed by atoms with van der Waals surface area (Å²) in [6.45, 7) is 0. The monoisotopic (exact) mass is 262 g/mol. The Bertz CT molecular complexity index is 597. The molecule has 0 aliphatic carbocycles. The van der Waals surface area contributed by atoms with Gasteiger partial charge in [0.15, 0.2) is 0 Å². The second-order valence-electron chi connectivity index (χ2n) is 4.15. The summed E-state index contributed by atoms with van der Waals surface area (Å²) in [7, 11) is 0. The number of anilines is 1. The maximum Gasteiger partial charge on any atom is 0.353 e. The van der Waals surface area contributed by atoms with Crippen LogP contribution < -0.4 is 5.73 Å². The van der Waals surface area contributed by atoms with Crippen LogP contribution in [0.5, 0.6) is 0 Å². The molecule has 1 amide bonds. The number of nitrogens with zero attached hydrogens (tertiary/aromatic N) is 1. The molecule has 0 radical (unpaired) electrons. The fourth-order valence-electron chi connectivity index (χ4n) is 2.14. The van der Waals surface area contributed by atoms with Crippen molar-refractivity contribution >= 4 is 34.2 Å². The van der Waals surface area contributed by atoms with Gasteiger partial charge >= 0.3 is 5.97 Å². The Kier molecular flexibility index (Phi) is 2.34. The molecule has 1 fully saturated rings. The molecule has 2 aliphatic rings. The minimum absolute atomic E-state index is 0.0694. The standard InChI is InChI=1S/C12H10N2O3S/c13-7-3-1-2-6(4-7)11-10(12(16)17)14-8(15)5-9(14)18-11/h1-4,9H,5,13H2,(H,16,17)/t9-/m0/s1. The number of rotatable bonds is 2. The number of β-lactam (4-membered cyclic amide) rings is 1. The van der Waals surface area contributed by atoms with E-state index in [1.54, 1.807) is 24.3 Å². The molecule has 1 aromatic carbocycles. The molecule has 0 spiro atoms. The number of aliphatic carboxylic acids is 1. The topological polar surface area (TPSA) is 83.6 Å². The summed E-state index contributed by atoms with van der Waals surface area (Å²) in [5.41, 5.74) is 7.10. The van der Waals surface area contributed by atoms with Crippen LogP contribution in [0.15, 0.2) is 30.0 Å². The van der Waals surface area contributed by atoms with Crippen molar-refractivity contribution < 1.29 is 14.7 Å². The molecule has 0 saturated carbocycles. The van der Waals surface area contributed by atoms with Crippen LogP contribution in [0.3, 0.4) is 0 Å². The molecule has 92 valence electrons. The van der Waals surface area contributed by atoms with Crippen molar-refractivity contribution in [1.82, 2.24) is 4.90 Å². The zero-order chi connectivity index (χ0) is 12.9. The van der Waals surface area contributed by atoms with E-state index in [9.17, 15) is 14.7 Å². The first kappa shape index (κ1) is 11.2. The van der Waals surface area contributed by atoms with E-state index >= 15 is 0 Å². The number of thioether (sulfide) groups is 1. The number of carbonyl (C=O) groups is 2. The Morgan fingerprint density at radius 2 is 2.28 bits per heavy atom. The predicted octanol–water partition coefficient (Wildman–Crippen LogP) is 1.33. The van der Waals surface area contributed by atoms with Crippen molar-refractivity contribution in [3.8, 4) is 0 Å². The molecule has 0 bridgehead atoms. The van der Waals surface area contributed by atoms with Gasteiger partial charge in [0.25, 0.3) is 0 Å². The van der Waals surface area contributed by atoms with Gasteiger partial charge in [-0.1, -0.05) is 23.9 Å². The van der Waals surface area contributed by atoms with E-state index in [4.69, 9.17) is 5.73 Å². The number of fused-ring (bicyclic) bond motifs is 1. The molecule has 18 heavy (non-hydrogen) atoms. The average Bonchev–Trinajstić information content (AvgIpc) is 2.62. The molecule has 6 heteroatoms. The number of carboxylic acid groups (broad SMARTS) is 1. The molecule has 0 unspecified atom stereocenters. The second kappa shape index (κ2) is 3.78. The van der Waals surface area contributed by atoms with Gasteiger partial charge in [-0.15, -0.1) is 0 Å². The SMILES string of the molecule is Nc1cccc(C2=C(C(=O)O)N3C(=O)C[C@@H]3S2)c1. The molecule has 5 nitrogen and oxygen atoms in total. The lowest BCUT2D eigenvalue weighted by molar-refractivity contribution is -0.145. The first-order valence-corrected chi connectivity index (χ1v) is 6.28. The van der Waals surface area contributed by atoms with E-state index in [1.807, 2.05) is 0 Å². The van der Waals surface area contributed by atoms with Crippen molar-refractivity contribution in [2.24, 2.45) is 0 Å². The van der Waals surface area contributed by atoms with Crippen LogP contribution in [0.1, 0.15) is 12.0 Å². The number of benzene rings is 1. The first-order valence-electron chi connectivity index (χ1n) is 5.40. The quantitative estimate of drug-likeness (QED) is 0.620. The smallest absolute Gasteiger partial charge is 0.353 e. The van der Waals surface area contributed by atoms with Gasteiger partial charge in [-0.3, -0.25) is 9.69 Å². The summed E-state index contributed by atoms with van der Waals surface area (Å²) in [5, 5.41) is 9.19. The van der Waals surface area contributed by atoms with E-state index in [1.165, 1.54) is 16.7 Å². The van der Waals surface area contributed by atoms with Crippen LogP contribution in [0.2, 0.25) is 0 Å². The zero-order valence-electron chi connectivity index (χ0n) is 9.29. The van der Waals surface area contributed by atoms with E-state index in [-0.39, 0.29) is 17.0 Å². The molecule has 3 N–H and O–H groups in total. The molecule has 3 rings (SSSR count). The highest BCUT2D eigenvalue weighted by molar-refractivity contribution is 8.09. The lowest BCUT2D eigenvalue weighted by Gasteiger charge is -2.33. The molecule has 1 saturated heterocycles. The van der Waals surface area contributed by atoms with E-state index in [2.05, 4.69) is 0 Å². The van der Waals surface area contributed by atoms with Crippen LogP contribution in [0.4, 0.5) is 5.69 Å². The highest BCUT2D eigenvalue weighted by Crippen LogP contribution is 2.50. The highest BCUT2D eigenvalue weighted by Gasteiger charge is 2.48. The molecule has 2 aliphatic heterocycles. The number of amides is 1. The van der Waals surface area contributed by atoms with Crippen molar-refractivity contribution in [2.75, 3.05) is 5.73 Å². The zero-order valence-corrected chi connectivity index (χ0v) is 10.1. The maximum atomic E-state index is 11.5. The highest BCUT2D eigenvalue weighted by atomic mass is 32.2. The number of hydrogen-bond acceptors (Lipinski definition) is 4. The summed E-state index contributed by atoms with van der Waals surface area (Å²) < 4.78 is 0. The van der Waals surface area contributed by atoms with Gasteiger partial charge in [-0.2, -0.15) is 0 Å². The number of carbonyl (C=O) groups excluding carboxylic acids is 1. The third-order valence-corrected chi connectivity index (χ3v) is 4.28. The Morgan fingerprint density at radius 3 is 2.89 bits per heavy atom. The molecule has 1 atom stereocenters. The minimum atomic E-state index is -1.07. The van der Waals surface area contributed by atoms with E-state index < -0.39 is 5.97 Å². The first-order chi connectivity index (χ1) is 8.58. The summed E-state index contributed by atoms with van der Waals surface area (Å²) in [4.78, 5) is 24.7. The minimum Gasteiger partial charge on any atom is -0.477 e. The van der Waals surface area contributed by atoms with Gasteiger partial charge in [0, 0.05) is 10.6 Å². The van der Waals surface area contributed by atoms with Crippen LogP contribution >= 0.6 is 11.8 Å². The second-order valence-corrected chi connectivity index (χ2v) is 5.34. The van der Waals surface area contributed by atoms with Crippen LogP contribution in [-0.4, -0.2) is 27.3 Å². The molecule has 0 aromatic heterocycles. The van der Waals surface area contributed by atoms with Gasteiger partial charge < -0.3 is 10.8 Å². The lowest BCUT2D eigenvalue weighted by atomic mass is 10.1. The normalized spacial score (nSPS) is 21.9. The Morgan fingerprint density at radius 1 is 1.50 bits per heavy atom. The van der Waals surface area contributed by atoms with E-state index in [0.717, 1.165) is 5.56 Å². The summed E-state index contributed by atoms with van der Waals surface area (Å²) in [5.74, 6) is -1.21. The summed E-state index contributed by atoms with van der Waals surface area (Å²) >= 11 is 1.41. The third kappa shape index (κ3) is 1.49. The third-order valence-electron chi connectivity index (χ3n) is 2.97. The Labute approximate surface area is 107 Å². The van der Waals surface area contributed by atoms with Gasteiger partial charge in [0.05, 0.1) is 11.8 Å². The van der Waals surface area contributed by atoms with Gasteiger partial charge in [-0.05, 0) is 17.7 Å². The van der Waals surface area contributed by atoms with Crippen LogP contribution in [0.25, 0.3) is 4.91 Å². The van der Waals surface area contributed by atoms with E-state index in [0.29, 0.717) is 17.0 Å². The summed E-state index contributed by atoms with van der Waals surface area (Å²) in [6.07, 6.45) is 0.396. The predicted molar refractivity (Wildman–Crippen MR) is 68.3 cm³/mol. The van der Waals surface area contributed by atoms with Crippen molar-refractivity contribution in [1.29, 1.82) is 0 Å². The fourth-order valence-corrected chi connectivity index (χ4v) is 3.52. The Hall–Kier alpha value is -1.95. The average molecular weight is 262 g/mol. The van der Waals surface area contributed by atoms with Gasteiger partial charge in [0.1, 0.15) is 5.70 Å². The molecular weight excluding hydrogens is 252 g/mol. The van der Waals surface area contributed by atoms with Gasteiger partial charge in [0.2, 0.25) is 5.91 Å². The van der Waals surface area contributed by atoms with Crippen LogP contribution in [0, 0.1) is 0 Å². The number of carboxylic acids is 1. The Balaban J connectivity index is 2.11. The molecule has 2 heterocycles. The largest absolute Gasteiger partial charge is 0.477 e. The number of nitrogens with two attached hydrogens (primary N) is 1. The van der Waals surface area contributed by atoms with Crippen molar-refractivity contribution in [3.63, 3.8) is 0 Å². The molecule has 1 aromatic rings. The van der Waals surface area contributed by atoms with Crippen molar-refractivity contribution in [3.05, 3.63) is 35.5 Å². The fraction of sp³-hybridized carbons (Fsp3) is 0.167. The van der Waals surface area contributed by atoms with Crippen LogP contribution in [-0.2, 0) is 9.59 Å². The number of hydrogen-bond donors (Lipinski definition) is 2. The number of nitrogen functional groups attached to an aromatic ring is 1. The maximum absolute atomic E-state index is 11.5. The van der Waals surface area contributed by atoms with Gasteiger partial charge in [-0.25, -0.2) is 4.79 Å². The summed E-state index contributed by atoms with van der Waals surface area (Å²) in [6, 6.07) is 7.04. The molecular formula is C12H10N2O3S.